The number of hydrogen-bond donors (Lipinski definition) is 1. The van der Waals surface area contributed by atoms with Crippen LogP contribution in [-0.2, 0) is 12.1 Å². The molecule has 0 aromatic heterocycles. The second-order valence-corrected chi connectivity index (χ2v) is 7.64. The van der Waals surface area contributed by atoms with Crippen LogP contribution < -0.4 is 0 Å². The fourth-order valence-corrected chi connectivity index (χ4v) is 4.74. The molecule has 4 rings (SSSR count). The summed E-state index contributed by atoms with van der Waals surface area (Å²) < 4.78 is 14.5. The van der Waals surface area contributed by atoms with E-state index < -0.39 is 11.4 Å². The van der Waals surface area contributed by atoms with Gasteiger partial charge >= 0.3 is 0 Å². The van der Waals surface area contributed by atoms with Gasteiger partial charge in [-0.2, -0.15) is 5.26 Å². The van der Waals surface area contributed by atoms with Crippen molar-refractivity contribution >= 4 is 0 Å². The van der Waals surface area contributed by atoms with Crippen molar-refractivity contribution in [1.82, 2.24) is 4.90 Å². The Morgan fingerprint density at radius 2 is 1.81 bits per heavy atom. The van der Waals surface area contributed by atoms with Crippen LogP contribution in [-0.4, -0.2) is 22.1 Å². The Hall–Kier alpha value is -2.22. The Kier molecular flexibility index (Phi) is 4.52. The fraction of sp³-hybridized carbons (Fsp3) is 0.409. The predicted molar refractivity (Wildman–Crippen MR) is 97.7 cm³/mol. The first-order valence-electron chi connectivity index (χ1n) is 9.31. The van der Waals surface area contributed by atoms with E-state index in [-0.39, 0.29) is 17.6 Å². The van der Waals surface area contributed by atoms with Gasteiger partial charge < -0.3 is 5.11 Å². The first kappa shape index (κ1) is 17.2. The highest BCUT2D eigenvalue weighted by Crippen LogP contribution is 2.45. The molecule has 2 unspecified atom stereocenters. The zero-order chi connectivity index (χ0) is 18.1. The van der Waals surface area contributed by atoms with Crippen molar-refractivity contribution in [3.63, 3.8) is 0 Å². The standard InChI is InChI=1S/C22H23FN2O/c23-21-10-9-17(14-24)11-20(21)22(26)12-18-7-4-8-19(13-22)25(18)15-16-5-2-1-3-6-16/h1-3,5-6,9-11,18-19,26H,4,7-8,12-13,15H2. The van der Waals surface area contributed by atoms with E-state index in [2.05, 4.69) is 23.1 Å². The molecule has 0 aliphatic carbocycles. The van der Waals surface area contributed by atoms with Crippen molar-refractivity contribution in [1.29, 1.82) is 5.26 Å². The smallest absolute Gasteiger partial charge is 0.129 e. The lowest BCUT2D eigenvalue weighted by atomic mass is 9.72. The molecular formula is C22H23FN2O. The number of benzene rings is 2. The van der Waals surface area contributed by atoms with Crippen molar-refractivity contribution in [3.8, 4) is 6.07 Å². The third kappa shape index (κ3) is 3.13. The minimum absolute atomic E-state index is 0.234. The summed E-state index contributed by atoms with van der Waals surface area (Å²) in [5, 5.41) is 20.5. The van der Waals surface area contributed by atoms with Crippen molar-refractivity contribution < 1.29 is 9.50 Å². The number of nitrogens with zero attached hydrogens (tertiary/aromatic N) is 2. The van der Waals surface area contributed by atoms with Gasteiger partial charge in [-0.15, -0.1) is 0 Å². The van der Waals surface area contributed by atoms with Crippen LogP contribution in [0.25, 0.3) is 0 Å². The van der Waals surface area contributed by atoms with Gasteiger partial charge in [0, 0.05) is 24.2 Å². The first-order chi connectivity index (χ1) is 12.6. The molecule has 2 saturated heterocycles. The lowest BCUT2D eigenvalue weighted by Gasteiger charge is -2.52. The normalized spacial score (nSPS) is 28.5. The van der Waals surface area contributed by atoms with E-state index >= 15 is 0 Å². The average Bonchev–Trinajstić information content (AvgIpc) is 2.64. The van der Waals surface area contributed by atoms with Crippen LogP contribution in [0.3, 0.4) is 0 Å². The van der Waals surface area contributed by atoms with E-state index in [9.17, 15) is 9.50 Å². The van der Waals surface area contributed by atoms with E-state index in [1.54, 1.807) is 0 Å². The maximum absolute atomic E-state index is 14.5. The Labute approximate surface area is 153 Å². The van der Waals surface area contributed by atoms with Gasteiger partial charge in [-0.05, 0) is 49.4 Å². The summed E-state index contributed by atoms with van der Waals surface area (Å²) in [6.07, 6.45) is 4.22. The molecule has 0 saturated carbocycles. The number of fused-ring (bicyclic) bond motifs is 2. The monoisotopic (exact) mass is 350 g/mol. The Bertz CT molecular complexity index is 816. The minimum Gasteiger partial charge on any atom is -0.385 e. The largest absolute Gasteiger partial charge is 0.385 e. The molecule has 2 aromatic carbocycles. The van der Waals surface area contributed by atoms with E-state index in [0.717, 1.165) is 25.8 Å². The Morgan fingerprint density at radius 1 is 1.12 bits per heavy atom. The van der Waals surface area contributed by atoms with E-state index in [0.29, 0.717) is 18.4 Å². The fourth-order valence-electron chi connectivity index (χ4n) is 4.74. The topological polar surface area (TPSA) is 47.3 Å². The van der Waals surface area contributed by atoms with Crippen LogP contribution in [0.5, 0.6) is 0 Å². The van der Waals surface area contributed by atoms with Gasteiger partial charge in [-0.3, -0.25) is 4.90 Å². The van der Waals surface area contributed by atoms with Crippen LogP contribution in [0.1, 0.15) is 48.8 Å². The van der Waals surface area contributed by atoms with Gasteiger partial charge in [0.1, 0.15) is 5.82 Å². The molecule has 4 heteroatoms. The van der Waals surface area contributed by atoms with Crippen molar-refractivity contribution in [2.45, 2.75) is 56.3 Å². The van der Waals surface area contributed by atoms with Crippen molar-refractivity contribution in [2.75, 3.05) is 0 Å². The molecule has 2 fully saturated rings. The third-order valence-electron chi connectivity index (χ3n) is 5.96. The lowest BCUT2D eigenvalue weighted by molar-refractivity contribution is -0.101. The quantitative estimate of drug-likeness (QED) is 0.906. The zero-order valence-electron chi connectivity index (χ0n) is 14.7. The molecular weight excluding hydrogens is 327 g/mol. The van der Waals surface area contributed by atoms with Crippen LogP contribution in [0.4, 0.5) is 4.39 Å². The summed E-state index contributed by atoms with van der Waals surface area (Å²) in [4.78, 5) is 2.49. The highest BCUT2D eigenvalue weighted by molar-refractivity contribution is 5.37. The van der Waals surface area contributed by atoms with Crippen LogP contribution in [0.15, 0.2) is 48.5 Å². The summed E-state index contributed by atoms with van der Waals surface area (Å²) in [6, 6.07) is 17.2. The van der Waals surface area contributed by atoms with Gasteiger partial charge in [-0.25, -0.2) is 4.39 Å². The molecule has 2 aromatic rings. The SMILES string of the molecule is N#Cc1ccc(F)c(C2(O)CC3CCCC(C2)N3Cc2ccccc2)c1. The molecule has 26 heavy (non-hydrogen) atoms. The summed E-state index contributed by atoms with van der Waals surface area (Å²) in [6.45, 7) is 0.868. The molecule has 2 heterocycles. The van der Waals surface area contributed by atoms with Crippen LogP contribution in [0, 0.1) is 17.1 Å². The number of hydrogen-bond acceptors (Lipinski definition) is 3. The van der Waals surface area contributed by atoms with Gasteiger partial charge in [0.15, 0.2) is 0 Å². The number of piperidine rings is 2. The molecule has 2 aliphatic heterocycles. The lowest BCUT2D eigenvalue weighted by Crippen LogP contribution is -2.56. The maximum Gasteiger partial charge on any atom is 0.129 e. The average molecular weight is 350 g/mol. The van der Waals surface area contributed by atoms with Gasteiger partial charge in [0.25, 0.3) is 0 Å². The maximum atomic E-state index is 14.5. The highest BCUT2D eigenvalue weighted by Gasteiger charge is 2.47. The Morgan fingerprint density at radius 3 is 2.46 bits per heavy atom. The number of halogens is 1. The van der Waals surface area contributed by atoms with Gasteiger partial charge in [-0.1, -0.05) is 36.8 Å². The summed E-state index contributed by atoms with van der Waals surface area (Å²) in [5.41, 5.74) is 0.756. The number of rotatable bonds is 3. The molecule has 0 spiro atoms. The number of aliphatic hydroxyl groups is 1. The van der Waals surface area contributed by atoms with Crippen LogP contribution >= 0.6 is 0 Å². The van der Waals surface area contributed by atoms with Crippen molar-refractivity contribution in [2.24, 2.45) is 0 Å². The van der Waals surface area contributed by atoms with E-state index in [1.165, 1.54) is 23.8 Å². The summed E-state index contributed by atoms with van der Waals surface area (Å²) in [7, 11) is 0. The van der Waals surface area contributed by atoms with Crippen LogP contribution in [0.2, 0.25) is 0 Å². The molecule has 2 atom stereocenters. The second kappa shape index (κ2) is 6.83. The highest BCUT2D eigenvalue weighted by atomic mass is 19.1. The van der Waals surface area contributed by atoms with Gasteiger partial charge in [0.2, 0.25) is 0 Å². The molecule has 134 valence electrons. The second-order valence-electron chi connectivity index (χ2n) is 7.64. The zero-order valence-corrected chi connectivity index (χ0v) is 14.7. The molecule has 1 N–H and O–H groups in total. The molecule has 0 amide bonds. The van der Waals surface area contributed by atoms with E-state index in [4.69, 9.17) is 5.26 Å². The van der Waals surface area contributed by atoms with Crippen molar-refractivity contribution in [3.05, 3.63) is 71.0 Å². The Balaban J connectivity index is 1.62. The minimum atomic E-state index is -1.19. The molecule has 3 nitrogen and oxygen atoms in total. The first-order valence-corrected chi connectivity index (χ1v) is 9.31. The molecule has 0 radical (unpaired) electrons. The summed E-state index contributed by atoms with van der Waals surface area (Å²) >= 11 is 0. The summed E-state index contributed by atoms with van der Waals surface area (Å²) in [5.74, 6) is -0.416. The number of nitriles is 1. The van der Waals surface area contributed by atoms with Gasteiger partial charge in [0.05, 0.1) is 17.2 Å². The third-order valence-corrected chi connectivity index (χ3v) is 5.96. The molecule has 2 aliphatic rings. The van der Waals surface area contributed by atoms with E-state index in [1.807, 2.05) is 18.2 Å². The predicted octanol–water partition coefficient (Wildman–Crippen LogP) is 4.10. The molecule has 2 bridgehead atoms.